The second kappa shape index (κ2) is 11.2. The molecule has 0 spiro atoms. The van der Waals surface area contributed by atoms with Crippen molar-refractivity contribution >= 4 is 11.0 Å². The molecule has 0 saturated heterocycles. The summed E-state index contributed by atoms with van der Waals surface area (Å²) in [6.07, 6.45) is 5.84. The lowest BCUT2D eigenvalue weighted by atomic mass is 9.88. The van der Waals surface area contributed by atoms with Crippen molar-refractivity contribution in [3.05, 3.63) is 102 Å². The zero-order chi connectivity index (χ0) is 28.5. The molecule has 1 aliphatic rings. The largest absolute Gasteiger partial charge is 0.491 e. The number of rotatable bonds is 7. The van der Waals surface area contributed by atoms with Gasteiger partial charge in [-0.2, -0.15) is 0 Å². The SMILES string of the molecule is CC(c1ccccc1)c1nnc(O)c2c1nc(C1CCCCC1)n2Cc1ccc(-c2ccccc2-c2nnn[nH]2)cc1. The lowest BCUT2D eigenvalue weighted by Crippen LogP contribution is -2.13. The fourth-order valence-electron chi connectivity index (χ4n) is 6.28. The third kappa shape index (κ3) is 4.81. The molecule has 1 atom stereocenters. The second-order valence-corrected chi connectivity index (χ2v) is 11.1. The number of hydrogen-bond donors (Lipinski definition) is 2. The molecule has 2 N–H and O–H groups in total. The molecule has 9 heteroatoms. The molecule has 0 bridgehead atoms. The molecular formula is C33H32N8O. The number of imidazole rings is 1. The normalized spacial score (nSPS) is 14.8. The minimum Gasteiger partial charge on any atom is -0.491 e. The summed E-state index contributed by atoms with van der Waals surface area (Å²) in [7, 11) is 0. The number of nitrogens with one attached hydrogen (secondary N) is 1. The Kier molecular flexibility index (Phi) is 6.91. The van der Waals surface area contributed by atoms with E-state index in [1.165, 1.54) is 19.3 Å². The standard InChI is InChI=1S/C33H32N8O/c1-21(23-10-4-2-5-11-23)28-29-30(33(42)38-35-28)41(32(34-29)25-12-6-3-7-13-25)20-22-16-18-24(19-17-22)26-14-8-9-15-27(26)31-36-39-40-37-31/h2,4-5,8-11,14-19,21,25H,3,6-7,12-13,20H2,1H3,(H,38,42)(H,36,37,39,40). The number of aromatic hydroxyl groups is 1. The molecule has 0 aliphatic heterocycles. The first-order valence-corrected chi connectivity index (χ1v) is 14.6. The summed E-state index contributed by atoms with van der Waals surface area (Å²) in [6, 6.07) is 26.9. The molecule has 1 saturated carbocycles. The van der Waals surface area contributed by atoms with Crippen LogP contribution in [0.5, 0.6) is 5.88 Å². The Morgan fingerprint density at radius 2 is 1.60 bits per heavy atom. The lowest BCUT2D eigenvalue weighted by Gasteiger charge is -2.22. The molecule has 1 aliphatic carbocycles. The Morgan fingerprint density at radius 3 is 2.33 bits per heavy atom. The molecule has 9 nitrogen and oxygen atoms in total. The van der Waals surface area contributed by atoms with E-state index < -0.39 is 0 Å². The Bertz CT molecular complexity index is 1810. The Hall–Kier alpha value is -4.92. The summed E-state index contributed by atoms with van der Waals surface area (Å²) in [5.74, 6) is 1.91. The molecule has 3 heterocycles. The predicted molar refractivity (Wildman–Crippen MR) is 161 cm³/mol. The number of fused-ring (bicyclic) bond motifs is 1. The lowest BCUT2D eigenvalue weighted by molar-refractivity contribution is 0.417. The van der Waals surface area contributed by atoms with Crippen LogP contribution in [-0.2, 0) is 6.54 Å². The molecule has 0 amide bonds. The number of nitrogens with zero attached hydrogens (tertiary/aromatic N) is 7. The highest BCUT2D eigenvalue weighted by Crippen LogP contribution is 2.38. The molecule has 7 rings (SSSR count). The van der Waals surface area contributed by atoms with Crippen LogP contribution in [0.15, 0.2) is 78.9 Å². The van der Waals surface area contributed by atoms with Gasteiger partial charge in [0.15, 0.2) is 5.82 Å². The van der Waals surface area contributed by atoms with Crippen LogP contribution in [0.4, 0.5) is 0 Å². The van der Waals surface area contributed by atoms with E-state index in [9.17, 15) is 5.11 Å². The van der Waals surface area contributed by atoms with E-state index >= 15 is 0 Å². The van der Waals surface area contributed by atoms with Crippen LogP contribution in [0.3, 0.4) is 0 Å². The quantitative estimate of drug-likeness (QED) is 0.227. The van der Waals surface area contributed by atoms with Crippen LogP contribution < -0.4 is 0 Å². The smallest absolute Gasteiger partial charge is 0.257 e. The number of benzene rings is 3. The maximum atomic E-state index is 11.1. The van der Waals surface area contributed by atoms with Crippen molar-refractivity contribution in [3.63, 3.8) is 0 Å². The zero-order valence-electron chi connectivity index (χ0n) is 23.5. The highest BCUT2D eigenvalue weighted by atomic mass is 16.3. The average molecular weight is 557 g/mol. The van der Waals surface area contributed by atoms with Crippen molar-refractivity contribution in [1.82, 2.24) is 40.4 Å². The molecule has 3 aromatic carbocycles. The molecule has 3 aromatic heterocycles. The first-order chi connectivity index (χ1) is 20.7. The minimum atomic E-state index is -0.0743. The molecule has 42 heavy (non-hydrogen) atoms. The predicted octanol–water partition coefficient (Wildman–Crippen LogP) is 6.63. The van der Waals surface area contributed by atoms with Gasteiger partial charge in [0.1, 0.15) is 16.9 Å². The number of aromatic nitrogens is 8. The van der Waals surface area contributed by atoms with Gasteiger partial charge < -0.3 is 9.67 Å². The van der Waals surface area contributed by atoms with Crippen molar-refractivity contribution in [2.75, 3.05) is 0 Å². The number of tetrazole rings is 1. The van der Waals surface area contributed by atoms with E-state index in [0.717, 1.165) is 57.7 Å². The van der Waals surface area contributed by atoms with E-state index in [-0.39, 0.29) is 11.8 Å². The number of hydrogen-bond acceptors (Lipinski definition) is 7. The fourth-order valence-corrected chi connectivity index (χ4v) is 6.28. The minimum absolute atomic E-state index is 0.0109. The maximum absolute atomic E-state index is 11.1. The monoisotopic (exact) mass is 556 g/mol. The third-order valence-corrected chi connectivity index (χ3v) is 8.52. The van der Waals surface area contributed by atoms with E-state index in [4.69, 9.17) is 4.98 Å². The number of H-pyrrole nitrogens is 1. The highest BCUT2D eigenvalue weighted by molar-refractivity contribution is 5.84. The van der Waals surface area contributed by atoms with Crippen LogP contribution in [0.2, 0.25) is 0 Å². The van der Waals surface area contributed by atoms with E-state index in [1.54, 1.807) is 0 Å². The maximum Gasteiger partial charge on any atom is 0.257 e. The Balaban J connectivity index is 1.29. The first kappa shape index (κ1) is 26.0. The van der Waals surface area contributed by atoms with Gasteiger partial charge in [0.2, 0.25) is 0 Å². The summed E-state index contributed by atoms with van der Waals surface area (Å²) in [5, 5.41) is 34.2. The first-order valence-electron chi connectivity index (χ1n) is 14.6. The van der Waals surface area contributed by atoms with Crippen molar-refractivity contribution in [3.8, 4) is 28.4 Å². The van der Waals surface area contributed by atoms with Crippen LogP contribution in [0.25, 0.3) is 33.5 Å². The van der Waals surface area contributed by atoms with Gasteiger partial charge in [-0.15, -0.1) is 15.3 Å². The van der Waals surface area contributed by atoms with E-state index in [1.807, 2.05) is 36.4 Å². The summed E-state index contributed by atoms with van der Waals surface area (Å²) in [4.78, 5) is 5.22. The topological polar surface area (TPSA) is 118 Å². The van der Waals surface area contributed by atoms with E-state index in [2.05, 4.69) is 84.8 Å². The average Bonchev–Trinajstić information content (AvgIpc) is 3.72. The van der Waals surface area contributed by atoms with Gasteiger partial charge in [-0.1, -0.05) is 105 Å². The van der Waals surface area contributed by atoms with Crippen LogP contribution in [0, 0.1) is 0 Å². The Morgan fingerprint density at radius 1 is 0.857 bits per heavy atom. The number of aromatic amines is 1. The zero-order valence-corrected chi connectivity index (χ0v) is 23.5. The fraction of sp³-hybridized carbons (Fsp3) is 0.273. The van der Waals surface area contributed by atoms with Gasteiger partial charge in [0.05, 0.1) is 5.69 Å². The van der Waals surface area contributed by atoms with Gasteiger partial charge in [0.25, 0.3) is 5.88 Å². The molecular weight excluding hydrogens is 524 g/mol. The van der Waals surface area contributed by atoms with Crippen LogP contribution in [0.1, 0.15) is 73.5 Å². The van der Waals surface area contributed by atoms with Crippen molar-refractivity contribution in [1.29, 1.82) is 0 Å². The van der Waals surface area contributed by atoms with Gasteiger partial charge in [-0.25, -0.2) is 10.1 Å². The van der Waals surface area contributed by atoms with E-state index in [0.29, 0.717) is 23.8 Å². The summed E-state index contributed by atoms with van der Waals surface area (Å²) in [6.45, 7) is 2.70. The summed E-state index contributed by atoms with van der Waals surface area (Å²) in [5.41, 5.74) is 7.51. The van der Waals surface area contributed by atoms with Crippen LogP contribution in [-0.4, -0.2) is 45.5 Å². The second-order valence-electron chi connectivity index (χ2n) is 11.1. The molecule has 210 valence electrons. The van der Waals surface area contributed by atoms with Gasteiger partial charge in [-0.3, -0.25) is 0 Å². The van der Waals surface area contributed by atoms with Gasteiger partial charge in [-0.05, 0) is 45.5 Å². The van der Waals surface area contributed by atoms with Crippen molar-refractivity contribution in [2.24, 2.45) is 0 Å². The summed E-state index contributed by atoms with van der Waals surface area (Å²) >= 11 is 0. The molecule has 6 aromatic rings. The van der Waals surface area contributed by atoms with Crippen molar-refractivity contribution < 1.29 is 5.11 Å². The van der Waals surface area contributed by atoms with Crippen molar-refractivity contribution in [2.45, 2.75) is 57.4 Å². The third-order valence-electron chi connectivity index (χ3n) is 8.52. The molecule has 0 radical (unpaired) electrons. The summed E-state index contributed by atoms with van der Waals surface area (Å²) < 4.78 is 2.18. The Labute approximate surface area is 243 Å². The van der Waals surface area contributed by atoms with Gasteiger partial charge >= 0.3 is 0 Å². The van der Waals surface area contributed by atoms with Crippen LogP contribution >= 0.6 is 0 Å². The molecule has 1 fully saturated rings. The molecule has 1 unspecified atom stereocenters. The van der Waals surface area contributed by atoms with Gasteiger partial charge in [0, 0.05) is 23.9 Å². The highest BCUT2D eigenvalue weighted by Gasteiger charge is 2.28.